The number of ether oxygens (including phenoxy) is 1. The Morgan fingerprint density at radius 1 is 1.54 bits per heavy atom. The molecule has 0 saturated heterocycles. The molecule has 0 fully saturated rings. The lowest BCUT2D eigenvalue weighted by molar-refractivity contribution is 0.269. The van der Waals surface area contributed by atoms with Gasteiger partial charge in [-0.1, -0.05) is 0 Å². The number of nitrogens with two attached hydrogens (primary N) is 1. The van der Waals surface area contributed by atoms with E-state index in [1.54, 1.807) is 12.1 Å². The molecule has 1 aliphatic heterocycles. The molecule has 0 amide bonds. The first-order valence-electron chi connectivity index (χ1n) is 4.23. The molecular formula is C10H10N2O. The Kier molecular flexibility index (Phi) is 1.91. The largest absolute Gasteiger partial charge is 0.493 e. The minimum Gasteiger partial charge on any atom is -0.493 e. The molecule has 0 spiro atoms. The molecule has 3 heteroatoms. The van der Waals surface area contributed by atoms with Crippen molar-refractivity contribution in [3.05, 3.63) is 29.3 Å². The van der Waals surface area contributed by atoms with Crippen LogP contribution in [0.15, 0.2) is 18.2 Å². The van der Waals surface area contributed by atoms with Gasteiger partial charge in [0.05, 0.1) is 18.2 Å². The van der Waals surface area contributed by atoms with Gasteiger partial charge in [0, 0.05) is 18.0 Å². The van der Waals surface area contributed by atoms with Crippen molar-refractivity contribution in [1.82, 2.24) is 0 Å². The first kappa shape index (κ1) is 8.09. The average Bonchev–Trinajstić information content (AvgIpc) is 2.18. The molecule has 1 atom stereocenters. The van der Waals surface area contributed by atoms with E-state index in [0.717, 1.165) is 17.7 Å². The fraction of sp³-hybridized carbons (Fsp3) is 0.300. The number of fused-ring (bicyclic) bond motifs is 1. The lowest BCUT2D eigenvalue weighted by Gasteiger charge is -2.22. The summed E-state index contributed by atoms with van der Waals surface area (Å²) in [5.41, 5.74) is 7.47. The number of nitrogens with zero attached hydrogens (tertiary/aromatic N) is 1. The Labute approximate surface area is 76.7 Å². The monoisotopic (exact) mass is 174 g/mol. The SMILES string of the molecule is N#Cc1ccc2c(c1)[C@@H](N)CCO2. The topological polar surface area (TPSA) is 59.0 Å². The van der Waals surface area contributed by atoms with Crippen LogP contribution in [0.25, 0.3) is 0 Å². The summed E-state index contributed by atoms with van der Waals surface area (Å²) >= 11 is 0. The average molecular weight is 174 g/mol. The van der Waals surface area contributed by atoms with Gasteiger partial charge in [0.2, 0.25) is 0 Å². The molecule has 1 aliphatic rings. The highest BCUT2D eigenvalue weighted by Gasteiger charge is 2.17. The second-order valence-corrected chi connectivity index (χ2v) is 3.11. The zero-order valence-corrected chi connectivity index (χ0v) is 7.16. The van der Waals surface area contributed by atoms with Crippen LogP contribution in [0, 0.1) is 11.3 Å². The van der Waals surface area contributed by atoms with Crippen molar-refractivity contribution >= 4 is 0 Å². The van der Waals surface area contributed by atoms with Crippen molar-refractivity contribution in [2.24, 2.45) is 5.73 Å². The van der Waals surface area contributed by atoms with Crippen molar-refractivity contribution in [2.75, 3.05) is 6.61 Å². The Balaban J connectivity index is 2.48. The van der Waals surface area contributed by atoms with Crippen LogP contribution in [0.5, 0.6) is 5.75 Å². The maximum Gasteiger partial charge on any atom is 0.124 e. The van der Waals surface area contributed by atoms with E-state index >= 15 is 0 Å². The fourth-order valence-corrected chi connectivity index (χ4v) is 1.49. The van der Waals surface area contributed by atoms with E-state index < -0.39 is 0 Å². The normalized spacial score (nSPS) is 19.8. The van der Waals surface area contributed by atoms with Crippen LogP contribution in [0.3, 0.4) is 0 Å². The van der Waals surface area contributed by atoms with Crippen molar-refractivity contribution in [2.45, 2.75) is 12.5 Å². The molecule has 1 aromatic carbocycles. The van der Waals surface area contributed by atoms with Crippen LogP contribution in [0.4, 0.5) is 0 Å². The van der Waals surface area contributed by atoms with Gasteiger partial charge in [0.1, 0.15) is 5.75 Å². The number of hydrogen-bond acceptors (Lipinski definition) is 3. The van der Waals surface area contributed by atoms with E-state index in [2.05, 4.69) is 6.07 Å². The van der Waals surface area contributed by atoms with Gasteiger partial charge in [-0.3, -0.25) is 0 Å². The highest BCUT2D eigenvalue weighted by Crippen LogP contribution is 2.30. The molecule has 0 aromatic heterocycles. The molecule has 0 aliphatic carbocycles. The summed E-state index contributed by atoms with van der Waals surface area (Å²) < 4.78 is 5.40. The zero-order chi connectivity index (χ0) is 9.26. The summed E-state index contributed by atoms with van der Waals surface area (Å²) in [5.74, 6) is 0.817. The summed E-state index contributed by atoms with van der Waals surface area (Å²) in [6.45, 7) is 0.667. The Morgan fingerprint density at radius 2 is 2.38 bits per heavy atom. The molecule has 1 heterocycles. The van der Waals surface area contributed by atoms with Crippen LogP contribution in [0.2, 0.25) is 0 Å². The highest BCUT2D eigenvalue weighted by atomic mass is 16.5. The van der Waals surface area contributed by atoms with Gasteiger partial charge >= 0.3 is 0 Å². The number of nitriles is 1. The van der Waals surface area contributed by atoms with E-state index in [1.807, 2.05) is 6.07 Å². The highest BCUT2D eigenvalue weighted by molar-refractivity contribution is 5.44. The third-order valence-corrected chi connectivity index (χ3v) is 2.22. The molecule has 13 heavy (non-hydrogen) atoms. The molecule has 2 rings (SSSR count). The van der Waals surface area contributed by atoms with Gasteiger partial charge in [-0.2, -0.15) is 5.26 Å². The van der Waals surface area contributed by atoms with Crippen LogP contribution < -0.4 is 10.5 Å². The molecule has 0 radical (unpaired) electrons. The smallest absolute Gasteiger partial charge is 0.124 e. The van der Waals surface area contributed by atoms with E-state index in [9.17, 15) is 0 Å². The van der Waals surface area contributed by atoms with Gasteiger partial charge < -0.3 is 10.5 Å². The van der Waals surface area contributed by atoms with Crippen LogP contribution in [0.1, 0.15) is 23.6 Å². The molecule has 2 N–H and O–H groups in total. The van der Waals surface area contributed by atoms with E-state index in [0.29, 0.717) is 12.2 Å². The quantitative estimate of drug-likeness (QED) is 0.645. The van der Waals surface area contributed by atoms with Crippen LogP contribution in [-0.4, -0.2) is 6.61 Å². The minimum absolute atomic E-state index is 0.0112. The summed E-state index contributed by atoms with van der Waals surface area (Å²) in [7, 11) is 0. The summed E-state index contributed by atoms with van der Waals surface area (Å²) in [6.07, 6.45) is 0.821. The van der Waals surface area contributed by atoms with Crippen LogP contribution in [-0.2, 0) is 0 Å². The molecule has 0 unspecified atom stereocenters. The lowest BCUT2D eigenvalue weighted by Crippen LogP contribution is -2.20. The molecular weight excluding hydrogens is 164 g/mol. The predicted molar refractivity (Wildman–Crippen MR) is 48.2 cm³/mol. The summed E-state index contributed by atoms with van der Waals surface area (Å²) in [6, 6.07) is 7.46. The maximum absolute atomic E-state index is 8.69. The Morgan fingerprint density at radius 3 is 3.15 bits per heavy atom. The maximum atomic E-state index is 8.69. The van der Waals surface area contributed by atoms with Gasteiger partial charge in [0.15, 0.2) is 0 Å². The number of hydrogen-bond donors (Lipinski definition) is 1. The molecule has 66 valence electrons. The Hall–Kier alpha value is -1.53. The predicted octanol–water partition coefficient (Wildman–Crippen LogP) is 1.34. The Bertz CT molecular complexity index is 368. The fourth-order valence-electron chi connectivity index (χ4n) is 1.49. The van der Waals surface area contributed by atoms with Crippen molar-refractivity contribution in [3.63, 3.8) is 0 Å². The number of benzene rings is 1. The molecule has 0 bridgehead atoms. The van der Waals surface area contributed by atoms with Gasteiger partial charge in [-0.15, -0.1) is 0 Å². The van der Waals surface area contributed by atoms with E-state index in [4.69, 9.17) is 15.7 Å². The minimum atomic E-state index is 0.0112. The third-order valence-electron chi connectivity index (χ3n) is 2.22. The van der Waals surface area contributed by atoms with Crippen LogP contribution >= 0.6 is 0 Å². The van der Waals surface area contributed by atoms with E-state index in [-0.39, 0.29) is 6.04 Å². The van der Waals surface area contributed by atoms with Gasteiger partial charge in [0.25, 0.3) is 0 Å². The molecule has 0 saturated carbocycles. The van der Waals surface area contributed by atoms with Crippen molar-refractivity contribution in [1.29, 1.82) is 5.26 Å². The van der Waals surface area contributed by atoms with Gasteiger partial charge in [-0.05, 0) is 18.2 Å². The lowest BCUT2D eigenvalue weighted by atomic mass is 9.99. The van der Waals surface area contributed by atoms with E-state index in [1.165, 1.54) is 0 Å². The zero-order valence-electron chi connectivity index (χ0n) is 7.16. The first-order chi connectivity index (χ1) is 6.31. The molecule has 3 nitrogen and oxygen atoms in total. The second kappa shape index (κ2) is 3.08. The van der Waals surface area contributed by atoms with Gasteiger partial charge in [-0.25, -0.2) is 0 Å². The van der Waals surface area contributed by atoms with Crippen molar-refractivity contribution in [3.8, 4) is 11.8 Å². The summed E-state index contributed by atoms with van der Waals surface area (Å²) in [5, 5.41) is 8.69. The number of rotatable bonds is 0. The van der Waals surface area contributed by atoms with Crippen molar-refractivity contribution < 1.29 is 4.74 Å². The first-order valence-corrected chi connectivity index (χ1v) is 4.23. The second-order valence-electron chi connectivity index (χ2n) is 3.11. The molecule has 1 aromatic rings. The summed E-state index contributed by atoms with van der Waals surface area (Å²) in [4.78, 5) is 0. The third kappa shape index (κ3) is 1.36. The standard InChI is InChI=1S/C10H10N2O/c11-6-7-1-2-10-8(5-7)9(12)3-4-13-10/h1-2,5,9H,3-4,12H2/t9-/m0/s1.